The number of aryl methyl sites for hydroxylation is 1. The van der Waals surface area contributed by atoms with Gasteiger partial charge in [0.05, 0.1) is 6.54 Å². The van der Waals surface area contributed by atoms with Crippen LogP contribution >= 0.6 is 0 Å². The van der Waals surface area contributed by atoms with Crippen LogP contribution in [0.2, 0.25) is 0 Å². The van der Waals surface area contributed by atoms with E-state index in [9.17, 15) is 4.79 Å². The molecule has 31 heavy (non-hydrogen) atoms. The lowest BCUT2D eigenvalue weighted by Crippen LogP contribution is -2.46. The van der Waals surface area contributed by atoms with Crippen LogP contribution in [0.5, 0.6) is 0 Å². The van der Waals surface area contributed by atoms with E-state index < -0.39 is 0 Å². The molecule has 2 aliphatic heterocycles. The molecule has 1 saturated heterocycles. The first-order chi connectivity index (χ1) is 15.1. The number of hydrogen-bond acceptors (Lipinski definition) is 5. The molecule has 1 aromatic carbocycles. The van der Waals surface area contributed by atoms with E-state index in [1.165, 1.54) is 0 Å². The maximum Gasteiger partial charge on any atom is 0.250 e. The Bertz CT molecular complexity index is 1320. The van der Waals surface area contributed by atoms with Crippen molar-refractivity contribution in [2.24, 2.45) is 5.92 Å². The molecule has 0 spiro atoms. The lowest BCUT2D eigenvalue weighted by molar-refractivity contribution is 0.106. The topological polar surface area (TPSA) is 64.2 Å². The average molecular weight is 412 g/mol. The summed E-state index contributed by atoms with van der Waals surface area (Å²) < 4.78 is 8.07. The Labute approximate surface area is 180 Å². The van der Waals surface area contributed by atoms with E-state index >= 15 is 0 Å². The highest BCUT2D eigenvalue weighted by molar-refractivity contribution is 5.89. The summed E-state index contributed by atoms with van der Waals surface area (Å²) in [4.78, 5) is 24.1. The lowest BCUT2D eigenvalue weighted by atomic mass is 9.83. The van der Waals surface area contributed by atoms with E-state index in [2.05, 4.69) is 34.1 Å². The van der Waals surface area contributed by atoms with Gasteiger partial charge in [-0.3, -0.25) is 9.69 Å². The number of rotatable bonds is 3. The van der Waals surface area contributed by atoms with Gasteiger partial charge < -0.3 is 8.98 Å². The van der Waals surface area contributed by atoms with E-state index in [-0.39, 0.29) is 5.56 Å². The van der Waals surface area contributed by atoms with Crippen LogP contribution in [0.1, 0.15) is 29.6 Å². The summed E-state index contributed by atoms with van der Waals surface area (Å²) >= 11 is 0. The summed E-state index contributed by atoms with van der Waals surface area (Å²) in [5, 5.41) is 0. The van der Waals surface area contributed by atoms with E-state index in [4.69, 9.17) is 9.40 Å². The molecule has 5 heterocycles. The predicted molar refractivity (Wildman–Crippen MR) is 119 cm³/mol. The number of fused-ring (bicyclic) bond motifs is 5. The summed E-state index contributed by atoms with van der Waals surface area (Å²) in [6.45, 7) is 5.31. The van der Waals surface area contributed by atoms with Gasteiger partial charge in [-0.05, 0) is 37.0 Å². The molecule has 0 radical (unpaired) electrons. The summed E-state index contributed by atoms with van der Waals surface area (Å²) in [5.41, 5.74) is 5.80. The van der Waals surface area contributed by atoms with Crippen LogP contribution in [-0.4, -0.2) is 32.5 Å². The molecule has 156 valence electrons. The van der Waals surface area contributed by atoms with Crippen LogP contribution in [0.25, 0.3) is 22.4 Å². The third kappa shape index (κ3) is 3.27. The van der Waals surface area contributed by atoms with Crippen molar-refractivity contribution in [2.45, 2.75) is 32.4 Å². The first-order valence-electron chi connectivity index (χ1n) is 10.9. The van der Waals surface area contributed by atoms with Gasteiger partial charge in [-0.15, -0.1) is 0 Å². The van der Waals surface area contributed by atoms with Gasteiger partial charge in [-0.2, -0.15) is 0 Å². The summed E-state index contributed by atoms with van der Waals surface area (Å²) in [7, 11) is 0. The second-order valence-electron chi connectivity index (χ2n) is 8.83. The highest BCUT2D eigenvalue weighted by Gasteiger charge is 2.35. The predicted octanol–water partition coefficient (Wildman–Crippen LogP) is 3.98. The Balaban J connectivity index is 1.31. The molecule has 2 atom stereocenters. The van der Waals surface area contributed by atoms with Gasteiger partial charge in [0.25, 0.3) is 5.56 Å². The van der Waals surface area contributed by atoms with Crippen molar-refractivity contribution in [3.63, 3.8) is 0 Å². The van der Waals surface area contributed by atoms with Crippen molar-refractivity contribution in [3.8, 4) is 11.1 Å². The summed E-state index contributed by atoms with van der Waals surface area (Å²) in [6, 6.07) is 18.0. The van der Waals surface area contributed by atoms with Crippen LogP contribution in [-0.2, 0) is 13.1 Å². The molecule has 4 aromatic rings. The molecule has 1 fully saturated rings. The standard InChI is InChI=1S/C25H24N4O2/c1-16-10-20(18-6-3-2-4-7-18)24-25(26-16)31-22(27-24)15-28-12-17-11-19(14-28)21-8-5-9-23(30)29(21)13-17/h2-10,17,19H,11-15H2,1H3. The normalized spacial score (nSPS) is 20.7. The maximum atomic E-state index is 12.3. The SMILES string of the molecule is Cc1cc(-c2ccccc2)c2nc(CN3CC4CC(C3)c3cccc(=O)n3C4)oc2n1. The Kier molecular flexibility index (Phi) is 4.28. The van der Waals surface area contributed by atoms with Crippen LogP contribution in [0, 0.1) is 12.8 Å². The second-order valence-corrected chi connectivity index (χ2v) is 8.83. The van der Waals surface area contributed by atoms with Gasteiger partial charge in [-0.25, -0.2) is 9.97 Å². The quantitative estimate of drug-likeness (QED) is 0.509. The van der Waals surface area contributed by atoms with Crippen molar-refractivity contribution in [1.29, 1.82) is 0 Å². The second kappa shape index (κ2) is 7.17. The van der Waals surface area contributed by atoms with Crippen molar-refractivity contribution in [3.05, 3.63) is 82.2 Å². The van der Waals surface area contributed by atoms with E-state index in [1.807, 2.05) is 35.8 Å². The Morgan fingerprint density at radius 1 is 1.03 bits per heavy atom. The molecule has 0 saturated carbocycles. The average Bonchev–Trinajstić information content (AvgIpc) is 3.16. The molecular weight excluding hydrogens is 388 g/mol. The first-order valence-corrected chi connectivity index (χ1v) is 10.9. The minimum atomic E-state index is 0.120. The molecule has 6 nitrogen and oxygen atoms in total. The number of likely N-dealkylation sites (tertiary alicyclic amines) is 1. The monoisotopic (exact) mass is 412 g/mol. The van der Waals surface area contributed by atoms with Gasteiger partial charge in [0.1, 0.15) is 5.52 Å². The van der Waals surface area contributed by atoms with Crippen LogP contribution in [0.3, 0.4) is 0 Å². The Hall–Kier alpha value is -3.25. The molecule has 6 rings (SSSR count). The van der Waals surface area contributed by atoms with Gasteiger partial charge in [0.2, 0.25) is 11.6 Å². The molecule has 2 unspecified atom stereocenters. The molecule has 0 amide bonds. The smallest absolute Gasteiger partial charge is 0.250 e. The highest BCUT2D eigenvalue weighted by Crippen LogP contribution is 2.36. The van der Waals surface area contributed by atoms with Gasteiger partial charge in [0.15, 0.2) is 0 Å². The largest absolute Gasteiger partial charge is 0.421 e. The van der Waals surface area contributed by atoms with Crippen LogP contribution in [0.15, 0.2) is 63.8 Å². The summed E-state index contributed by atoms with van der Waals surface area (Å²) in [6.07, 6.45) is 1.15. The van der Waals surface area contributed by atoms with Gasteiger partial charge in [-0.1, -0.05) is 36.4 Å². The Morgan fingerprint density at radius 3 is 2.77 bits per heavy atom. The van der Waals surface area contributed by atoms with E-state index in [0.29, 0.717) is 30.0 Å². The number of benzene rings is 1. The van der Waals surface area contributed by atoms with Crippen LogP contribution in [0.4, 0.5) is 0 Å². The van der Waals surface area contributed by atoms with E-state index in [0.717, 1.165) is 54.1 Å². The lowest BCUT2D eigenvalue weighted by Gasteiger charge is -2.42. The molecule has 2 bridgehead atoms. The van der Waals surface area contributed by atoms with Gasteiger partial charge >= 0.3 is 0 Å². The van der Waals surface area contributed by atoms with Gasteiger partial charge in [0, 0.05) is 48.6 Å². The molecule has 6 heteroatoms. The number of piperidine rings is 1. The molecule has 2 aliphatic rings. The van der Waals surface area contributed by atoms with Crippen molar-refractivity contribution in [2.75, 3.05) is 13.1 Å². The van der Waals surface area contributed by atoms with E-state index in [1.54, 1.807) is 6.07 Å². The maximum absolute atomic E-state index is 12.3. The third-order valence-electron chi connectivity index (χ3n) is 6.54. The molecular formula is C25H24N4O2. The molecule has 0 N–H and O–H groups in total. The number of hydrogen-bond donors (Lipinski definition) is 0. The fourth-order valence-electron chi connectivity index (χ4n) is 5.30. The number of nitrogens with zero attached hydrogens (tertiary/aromatic N) is 4. The number of aromatic nitrogens is 3. The minimum Gasteiger partial charge on any atom is -0.421 e. The number of pyridine rings is 2. The van der Waals surface area contributed by atoms with Crippen molar-refractivity contribution in [1.82, 2.24) is 19.4 Å². The third-order valence-corrected chi connectivity index (χ3v) is 6.54. The zero-order chi connectivity index (χ0) is 20.9. The first kappa shape index (κ1) is 18.5. The molecule has 0 aliphatic carbocycles. The zero-order valence-electron chi connectivity index (χ0n) is 17.5. The number of oxazole rings is 1. The zero-order valence-corrected chi connectivity index (χ0v) is 17.5. The Morgan fingerprint density at radius 2 is 1.90 bits per heavy atom. The van der Waals surface area contributed by atoms with Crippen LogP contribution < -0.4 is 5.56 Å². The minimum absolute atomic E-state index is 0.120. The highest BCUT2D eigenvalue weighted by atomic mass is 16.4. The molecule has 3 aromatic heterocycles. The van der Waals surface area contributed by atoms with Crippen molar-refractivity contribution < 1.29 is 4.42 Å². The fraction of sp³-hybridized carbons (Fsp3) is 0.320. The van der Waals surface area contributed by atoms with Crippen molar-refractivity contribution >= 4 is 11.2 Å². The summed E-state index contributed by atoms with van der Waals surface area (Å²) in [5.74, 6) is 1.57. The fourth-order valence-corrected chi connectivity index (χ4v) is 5.30.